The van der Waals surface area contributed by atoms with Crippen molar-refractivity contribution in [1.29, 1.82) is 0 Å². The van der Waals surface area contributed by atoms with Crippen LogP contribution in [0.15, 0.2) is 70.5 Å². The lowest BCUT2D eigenvalue weighted by atomic mass is 10.1. The molecule has 0 aliphatic heterocycles. The van der Waals surface area contributed by atoms with Crippen molar-refractivity contribution in [2.45, 2.75) is 30.6 Å². The molecule has 32 heavy (non-hydrogen) atoms. The van der Waals surface area contributed by atoms with E-state index < -0.39 is 36.5 Å². The molecule has 3 aromatic rings. The van der Waals surface area contributed by atoms with Gasteiger partial charge in [0.1, 0.15) is 4.90 Å². The summed E-state index contributed by atoms with van der Waals surface area (Å²) in [4.78, 5) is 10.4. The van der Waals surface area contributed by atoms with Crippen molar-refractivity contribution in [2.24, 2.45) is 0 Å². The first kappa shape index (κ1) is 23.2. The highest BCUT2D eigenvalue weighted by atomic mass is 32.2. The molecule has 0 unspecified atom stereocenters. The van der Waals surface area contributed by atoms with Crippen LogP contribution in [-0.4, -0.2) is 21.8 Å². The lowest BCUT2D eigenvalue weighted by Crippen LogP contribution is -2.16. The minimum Gasteiger partial charge on any atom is -0.376 e. The summed E-state index contributed by atoms with van der Waals surface area (Å²) in [6.45, 7) is 4.98. The molecule has 0 saturated heterocycles. The van der Waals surface area contributed by atoms with E-state index in [1.165, 1.54) is 31.2 Å². The van der Waals surface area contributed by atoms with Crippen LogP contribution in [0.2, 0.25) is 0 Å². The van der Waals surface area contributed by atoms with Crippen LogP contribution in [0.3, 0.4) is 0 Å². The van der Waals surface area contributed by atoms with E-state index in [0.717, 1.165) is 23.3 Å². The maximum Gasteiger partial charge on any atom is 0.339 e. The molecular formula is C21H20N2O7S2. The maximum atomic E-state index is 12.8. The standard InChI is InChI=1S/C21H20N2O7S2/c1-14-4-8-17(9-5-14)31(26,27)22-19-12-16(3)20(23(24)25)13-21(19)30-32(28,29)18-10-6-15(2)7-11-18/h4-13,22H,1-3H3. The Morgan fingerprint density at radius 2 is 1.31 bits per heavy atom. The lowest BCUT2D eigenvalue weighted by molar-refractivity contribution is -0.385. The van der Waals surface area contributed by atoms with Crippen molar-refractivity contribution in [3.8, 4) is 5.75 Å². The van der Waals surface area contributed by atoms with Crippen LogP contribution < -0.4 is 8.91 Å². The summed E-state index contributed by atoms with van der Waals surface area (Å²) in [5.41, 5.74) is 1.13. The molecule has 0 fully saturated rings. The summed E-state index contributed by atoms with van der Waals surface area (Å²) < 4.78 is 58.5. The number of aryl methyl sites for hydroxylation is 3. The van der Waals surface area contributed by atoms with E-state index in [2.05, 4.69) is 4.72 Å². The molecule has 0 radical (unpaired) electrons. The van der Waals surface area contributed by atoms with Crippen molar-refractivity contribution in [3.63, 3.8) is 0 Å². The van der Waals surface area contributed by atoms with Crippen LogP contribution >= 0.6 is 0 Å². The Morgan fingerprint density at radius 1 is 0.812 bits per heavy atom. The number of anilines is 1. The molecule has 0 heterocycles. The maximum absolute atomic E-state index is 12.8. The first-order valence-electron chi connectivity index (χ1n) is 9.29. The molecule has 0 saturated carbocycles. The van der Waals surface area contributed by atoms with Gasteiger partial charge in [-0.3, -0.25) is 14.8 Å². The van der Waals surface area contributed by atoms with E-state index in [4.69, 9.17) is 4.18 Å². The van der Waals surface area contributed by atoms with E-state index in [1.54, 1.807) is 38.1 Å². The summed E-state index contributed by atoms with van der Waals surface area (Å²) in [6, 6.07) is 13.8. The number of nitro groups is 1. The van der Waals surface area contributed by atoms with E-state index in [-0.39, 0.29) is 21.0 Å². The van der Waals surface area contributed by atoms with Gasteiger partial charge in [-0.2, -0.15) is 8.42 Å². The largest absolute Gasteiger partial charge is 0.376 e. The van der Waals surface area contributed by atoms with Crippen LogP contribution in [0.4, 0.5) is 11.4 Å². The van der Waals surface area contributed by atoms with Crippen molar-refractivity contribution >= 4 is 31.5 Å². The van der Waals surface area contributed by atoms with E-state index in [9.17, 15) is 26.9 Å². The summed E-state index contributed by atoms with van der Waals surface area (Å²) in [6.07, 6.45) is 0. The van der Waals surface area contributed by atoms with Gasteiger partial charge in [0.25, 0.3) is 15.7 Å². The molecule has 3 aromatic carbocycles. The number of sulfonamides is 1. The van der Waals surface area contributed by atoms with Gasteiger partial charge in [-0.15, -0.1) is 0 Å². The minimum atomic E-state index is -4.39. The highest BCUT2D eigenvalue weighted by molar-refractivity contribution is 7.92. The van der Waals surface area contributed by atoms with Crippen LogP contribution in [0, 0.1) is 30.9 Å². The third-order valence-corrected chi connectivity index (χ3v) is 7.21. The Bertz CT molecular complexity index is 1380. The van der Waals surface area contributed by atoms with Gasteiger partial charge < -0.3 is 4.18 Å². The van der Waals surface area contributed by atoms with Gasteiger partial charge in [0.05, 0.1) is 21.6 Å². The SMILES string of the molecule is Cc1ccc(S(=O)(=O)Nc2cc(C)c([N+](=O)[O-])cc2OS(=O)(=O)c2ccc(C)cc2)cc1. The van der Waals surface area contributed by atoms with Gasteiger partial charge in [-0.05, 0) is 51.1 Å². The molecule has 3 rings (SSSR count). The molecule has 168 valence electrons. The number of rotatable bonds is 7. The highest BCUT2D eigenvalue weighted by Crippen LogP contribution is 2.36. The first-order valence-corrected chi connectivity index (χ1v) is 12.2. The third kappa shape index (κ3) is 5.06. The summed E-state index contributed by atoms with van der Waals surface area (Å²) in [7, 11) is -8.51. The normalized spacial score (nSPS) is 11.7. The van der Waals surface area contributed by atoms with Gasteiger partial charge in [-0.25, -0.2) is 8.42 Å². The van der Waals surface area contributed by atoms with Crippen molar-refractivity contribution in [2.75, 3.05) is 4.72 Å². The zero-order valence-electron chi connectivity index (χ0n) is 17.4. The number of nitrogens with zero attached hydrogens (tertiary/aromatic N) is 1. The summed E-state index contributed by atoms with van der Waals surface area (Å²) in [5, 5.41) is 11.4. The monoisotopic (exact) mass is 476 g/mol. The van der Waals surface area contributed by atoms with Crippen molar-refractivity contribution in [3.05, 3.63) is 87.5 Å². The van der Waals surface area contributed by atoms with Crippen molar-refractivity contribution in [1.82, 2.24) is 0 Å². The average molecular weight is 477 g/mol. The predicted molar refractivity (Wildman–Crippen MR) is 119 cm³/mol. The Morgan fingerprint density at radius 3 is 1.81 bits per heavy atom. The fourth-order valence-corrected chi connectivity index (χ4v) is 4.82. The number of benzene rings is 3. The molecule has 0 aliphatic carbocycles. The Hall–Kier alpha value is -3.44. The van der Waals surface area contributed by atoms with Gasteiger partial charge in [-0.1, -0.05) is 35.4 Å². The van der Waals surface area contributed by atoms with E-state index >= 15 is 0 Å². The zero-order chi connectivity index (χ0) is 23.7. The topological polar surface area (TPSA) is 133 Å². The summed E-state index contributed by atoms with van der Waals surface area (Å²) >= 11 is 0. The zero-order valence-corrected chi connectivity index (χ0v) is 19.0. The number of nitro benzene ring substituents is 1. The molecule has 0 spiro atoms. The van der Waals surface area contributed by atoms with Crippen LogP contribution in [0.5, 0.6) is 5.75 Å². The molecule has 1 N–H and O–H groups in total. The van der Waals surface area contributed by atoms with Gasteiger partial charge in [0, 0.05) is 5.56 Å². The summed E-state index contributed by atoms with van der Waals surface area (Å²) in [5.74, 6) is -0.515. The minimum absolute atomic E-state index is 0.0635. The molecule has 11 heteroatoms. The molecule has 0 atom stereocenters. The smallest absolute Gasteiger partial charge is 0.339 e. The second-order valence-corrected chi connectivity index (χ2v) is 10.4. The van der Waals surface area contributed by atoms with Gasteiger partial charge in [0.2, 0.25) is 0 Å². The Kier molecular flexibility index (Phi) is 6.24. The quantitative estimate of drug-likeness (QED) is 0.308. The molecule has 9 nitrogen and oxygen atoms in total. The van der Waals surface area contributed by atoms with Crippen LogP contribution in [-0.2, 0) is 20.1 Å². The fraction of sp³-hybridized carbons (Fsp3) is 0.143. The Labute approximate surface area is 186 Å². The fourth-order valence-electron chi connectivity index (χ4n) is 2.82. The third-order valence-electron chi connectivity index (χ3n) is 4.58. The lowest BCUT2D eigenvalue weighted by Gasteiger charge is -2.15. The van der Waals surface area contributed by atoms with E-state index in [0.29, 0.717) is 0 Å². The molecular weight excluding hydrogens is 456 g/mol. The van der Waals surface area contributed by atoms with Crippen molar-refractivity contribution < 1.29 is 25.9 Å². The van der Waals surface area contributed by atoms with Crippen LogP contribution in [0.25, 0.3) is 0 Å². The molecule has 0 bridgehead atoms. The average Bonchev–Trinajstić information content (AvgIpc) is 2.70. The highest BCUT2D eigenvalue weighted by Gasteiger charge is 2.25. The number of hydrogen-bond acceptors (Lipinski definition) is 7. The predicted octanol–water partition coefficient (Wildman–Crippen LogP) is 4.09. The Balaban J connectivity index is 2.08. The number of hydrogen-bond donors (Lipinski definition) is 1. The molecule has 0 aromatic heterocycles. The van der Waals surface area contributed by atoms with Crippen LogP contribution in [0.1, 0.15) is 16.7 Å². The number of nitrogens with one attached hydrogen (secondary N) is 1. The van der Waals surface area contributed by atoms with E-state index in [1.807, 2.05) is 0 Å². The molecule has 0 aliphatic rings. The van der Waals surface area contributed by atoms with Gasteiger partial charge >= 0.3 is 10.1 Å². The first-order chi connectivity index (χ1) is 14.9. The molecule has 0 amide bonds. The second-order valence-electron chi connectivity index (χ2n) is 7.16. The second kappa shape index (κ2) is 8.60. The van der Waals surface area contributed by atoms with Gasteiger partial charge in [0.15, 0.2) is 5.75 Å².